The monoisotopic (exact) mass is 220 g/mol. The molecule has 0 aliphatic heterocycles. The number of benzene rings is 1. The third-order valence-corrected chi connectivity index (χ3v) is 2.59. The predicted molar refractivity (Wildman–Crippen MR) is 71.7 cm³/mol. The maximum atomic E-state index is 5.69. The van der Waals surface area contributed by atoms with Gasteiger partial charge in [0.25, 0.3) is 0 Å². The summed E-state index contributed by atoms with van der Waals surface area (Å²) in [6.45, 7) is 9.32. The highest BCUT2D eigenvalue weighted by atomic mass is 15.0. The molecular weight excluding hydrogens is 196 g/mol. The van der Waals surface area contributed by atoms with Crippen LogP contribution in [-0.2, 0) is 6.42 Å². The van der Waals surface area contributed by atoms with Crippen LogP contribution >= 0.6 is 0 Å². The van der Waals surface area contributed by atoms with E-state index in [1.54, 1.807) is 0 Å². The molecule has 2 heteroatoms. The smallest absolute Gasteiger partial charge is 0.0439 e. The van der Waals surface area contributed by atoms with Crippen molar-refractivity contribution < 1.29 is 0 Å². The van der Waals surface area contributed by atoms with Crippen molar-refractivity contribution >= 4 is 5.69 Å². The summed E-state index contributed by atoms with van der Waals surface area (Å²) in [6, 6.07) is 8.65. The Labute approximate surface area is 99.2 Å². The average molecular weight is 220 g/mol. The van der Waals surface area contributed by atoms with E-state index in [-0.39, 0.29) is 5.54 Å². The number of rotatable bonds is 5. The van der Waals surface area contributed by atoms with Crippen molar-refractivity contribution in [1.29, 1.82) is 0 Å². The Morgan fingerprint density at radius 1 is 1.19 bits per heavy atom. The van der Waals surface area contributed by atoms with E-state index < -0.39 is 0 Å². The van der Waals surface area contributed by atoms with Gasteiger partial charge in [-0.2, -0.15) is 0 Å². The van der Waals surface area contributed by atoms with E-state index in [1.165, 1.54) is 5.56 Å². The van der Waals surface area contributed by atoms with Crippen LogP contribution in [0.4, 0.5) is 5.69 Å². The van der Waals surface area contributed by atoms with Gasteiger partial charge in [0.15, 0.2) is 0 Å². The van der Waals surface area contributed by atoms with Crippen molar-refractivity contribution in [3.8, 4) is 0 Å². The molecule has 90 valence electrons. The van der Waals surface area contributed by atoms with Crippen LogP contribution in [0.15, 0.2) is 24.3 Å². The molecule has 0 saturated carbocycles. The summed E-state index contributed by atoms with van der Waals surface area (Å²) < 4.78 is 0. The summed E-state index contributed by atoms with van der Waals surface area (Å²) >= 11 is 0. The lowest BCUT2D eigenvalue weighted by Gasteiger charge is -2.25. The van der Waals surface area contributed by atoms with Gasteiger partial charge >= 0.3 is 0 Å². The number of nitrogens with one attached hydrogen (secondary N) is 1. The zero-order valence-electron chi connectivity index (χ0n) is 10.9. The molecule has 0 spiro atoms. The molecule has 1 aromatic carbocycles. The molecule has 0 radical (unpaired) electrons. The zero-order chi connectivity index (χ0) is 12.2. The first-order valence-electron chi connectivity index (χ1n) is 6.00. The van der Waals surface area contributed by atoms with Crippen molar-refractivity contribution in [3.63, 3.8) is 0 Å². The zero-order valence-corrected chi connectivity index (χ0v) is 10.9. The van der Waals surface area contributed by atoms with E-state index in [2.05, 4.69) is 57.3 Å². The highest BCUT2D eigenvalue weighted by molar-refractivity contribution is 5.46. The van der Waals surface area contributed by atoms with Gasteiger partial charge in [0.2, 0.25) is 0 Å². The highest BCUT2D eigenvalue weighted by Gasteiger charge is 2.14. The van der Waals surface area contributed by atoms with Crippen molar-refractivity contribution in [2.75, 3.05) is 11.9 Å². The molecule has 16 heavy (non-hydrogen) atoms. The van der Waals surface area contributed by atoms with Crippen molar-refractivity contribution in [3.05, 3.63) is 29.8 Å². The Hall–Kier alpha value is -1.02. The fraction of sp³-hybridized carbons (Fsp3) is 0.571. The van der Waals surface area contributed by atoms with Crippen molar-refractivity contribution in [1.82, 2.24) is 0 Å². The second-order valence-corrected chi connectivity index (χ2v) is 5.51. The van der Waals surface area contributed by atoms with E-state index in [4.69, 9.17) is 5.73 Å². The van der Waals surface area contributed by atoms with E-state index >= 15 is 0 Å². The van der Waals surface area contributed by atoms with Crippen molar-refractivity contribution in [2.45, 2.75) is 39.7 Å². The van der Waals surface area contributed by atoms with Gasteiger partial charge in [0.05, 0.1) is 0 Å². The Bertz CT molecular complexity index is 312. The van der Waals surface area contributed by atoms with Gasteiger partial charge in [0, 0.05) is 17.8 Å². The minimum absolute atomic E-state index is 0.0421. The molecule has 0 aliphatic rings. The molecule has 0 heterocycles. The van der Waals surface area contributed by atoms with Crippen molar-refractivity contribution in [2.24, 2.45) is 11.7 Å². The number of hydrogen-bond acceptors (Lipinski definition) is 2. The summed E-state index contributed by atoms with van der Waals surface area (Å²) in [5.74, 6) is 0.708. The Kier molecular flexibility index (Phi) is 4.36. The summed E-state index contributed by atoms with van der Waals surface area (Å²) in [4.78, 5) is 0. The maximum Gasteiger partial charge on any atom is 0.0439 e. The molecule has 0 amide bonds. The van der Waals surface area contributed by atoms with Crippen LogP contribution in [-0.4, -0.2) is 12.1 Å². The van der Waals surface area contributed by atoms with E-state index in [9.17, 15) is 0 Å². The first-order valence-corrected chi connectivity index (χ1v) is 6.00. The Morgan fingerprint density at radius 3 is 2.19 bits per heavy atom. The fourth-order valence-corrected chi connectivity index (χ4v) is 1.64. The third-order valence-electron chi connectivity index (χ3n) is 2.59. The number of hydrogen-bond donors (Lipinski definition) is 2. The maximum absolute atomic E-state index is 5.69. The van der Waals surface area contributed by atoms with Gasteiger partial charge in [-0.25, -0.2) is 0 Å². The second kappa shape index (κ2) is 5.35. The Morgan fingerprint density at radius 2 is 1.75 bits per heavy atom. The first-order chi connectivity index (χ1) is 7.43. The third kappa shape index (κ3) is 4.23. The fourth-order valence-electron chi connectivity index (χ4n) is 1.64. The average Bonchev–Trinajstić information content (AvgIpc) is 2.20. The topological polar surface area (TPSA) is 38.0 Å². The number of nitrogens with two attached hydrogens (primary N) is 1. The standard InChI is InChI=1S/C14H24N2/c1-11(2)9-12-5-7-13(8-6-12)16-14(3,4)10-15/h5-8,11,16H,9-10,15H2,1-4H3. The van der Waals surface area contributed by atoms with Gasteiger partial charge in [0.1, 0.15) is 0 Å². The molecule has 1 rings (SSSR count). The molecule has 0 atom stereocenters. The van der Waals surface area contributed by atoms with Crippen LogP contribution in [0.2, 0.25) is 0 Å². The molecular formula is C14H24N2. The normalized spacial score (nSPS) is 11.9. The molecule has 0 unspecified atom stereocenters. The lowest BCUT2D eigenvalue weighted by Crippen LogP contribution is -2.39. The molecule has 0 fully saturated rings. The van der Waals surface area contributed by atoms with E-state index in [0.29, 0.717) is 12.5 Å². The second-order valence-electron chi connectivity index (χ2n) is 5.51. The Balaban J connectivity index is 2.64. The molecule has 0 aromatic heterocycles. The van der Waals surface area contributed by atoms with Crippen LogP contribution < -0.4 is 11.1 Å². The SMILES string of the molecule is CC(C)Cc1ccc(NC(C)(C)CN)cc1. The number of anilines is 1. The van der Waals surface area contributed by atoms with Crippen LogP contribution in [0.25, 0.3) is 0 Å². The van der Waals surface area contributed by atoms with Gasteiger partial charge in [-0.05, 0) is 43.9 Å². The van der Waals surface area contributed by atoms with Crippen LogP contribution in [0.5, 0.6) is 0 Å². The predicted octanol–water partition coefficient (Wildman–Crippen LogP) is 3.03. The van der Waals surface area contributed by atoms with Gasteiger partial charge < -0.3 is 11.1 Å². The van der Waals surface area contributed by atoms with Gasteiger partial charge in [-0.15, -0.1) is 0 Å². The highest BCUT2D eigenvalue weighted by Crippen LogP contribution is 2.16. The molecule has 0 bridgehead atoms. The minimum atomic E-state index is -0.0421. The summed E-state index contributed by atoms with van der Waals surface area (Å²) in [7, 11) is 0. The lowest BCUT2D eigenvalue weighted by molar-refractivity contribution is 0.580. The van der Waals surface area contributed by atoms with Gasteiger partial charge in [-0.1, -0.05) is 26.0 Å². The molecule has 2 nitrogen and oxygen atoms in total. The van der Waals surface area contributed by atoms with E-state index in [0.717, 1.165) is 12.1 Å². The van der Waals surface area contributed by atoms with Gasteiger partial charge in [-0.3, -0.25) is 0 Å². The summed E-state index contributed by atoms with van der Waals surface area (Å²) in [5.41, 5.74) is 8.18. The van der Waals surface area contributed by atoms with Crippen LogP contribution in [0, 0.1) is 5.92 Å². The first kappa shape index (κ1) is 13.0. The lowest BCUT2D eigenvalue weighted by atomic mass is 10.0. The largest absolute Gasteiger partial charge is 0.379 e. The summed E-state index contributed by atoms with van der Waals surface area (Å²) in [5, 5.41) is 3.42. The summed E-state index contributed by atoms with van der Waals surface area (Å²) in [6.07, 6.45) is 1.14. The van der Waals surface area contributed by atoms with Crippen LogP contribution in [0.1, 0.15) is 33.3 Å². The van der Waals surface area contributed by atoms with Crippen LogP contribution in [0.3, 0.4) is 0 Å². The minimum Gasteiger partial charge on any atom is -0.379 e. The molecule has 0 saturated heterocycles. The molecule has 1 aromatic rings. The van der Waals surface area contributed by atoms with E-state index in [1.807, 2.05) is 0 Å². The molecule has 3 N–H and O–H groups in total. The quantitative estimate of drug-likeness (QED) is 0.800. The molecule has 0 aliphatic carbocycles.